The van der Waals surface area contributed by atoms with Crippen molar-refractivity contribution in [2.45, 2.75) is 0 Å². The highest BCUT2D eigenvalue weighted by Crippen LogP contribution is 2.33. The van der Waals surface area contributed by atoms with Crippen LogP contribution in [0.5, 0.6) is 0 Å². The van der Waals surface area contributed by atoms with E-state index in [4.69, 9.17) is 5.11 Å². The quantitative estimate of drug-likeness (QED) is 0.802. The van der Waals surface area contributed by atoms with E-state index in [0.29, 0.717) is 14.9 Å². The van der Waals surface area contributed by atoms with Gasteiger partial charge in [-0.3, -0.25) is 4.79 Å². The van der Waals surface area contributed by atoms with Gasteiger partial charge in [0.15, 0.2) is 5.78 Å². The van der Waals surface area contributed by atoms with Gasteiger partial charge in [0, 0.05) is 17.3 Å². The van der Waals surface area contributed by atoms with Crippen molar-refractivity contribution < 1.29 is 14.7 Å². The Kier molecular flexibility index (Phi) is 3.50. The first-order chi connectivity index (χ1) is 7.99. The highest BCUT2D eigenvalue weighted by molar-refractivity contribution is 9.12. The Morgan fingerprint density at radius 3 is 2.47 bits per heavy atom. The Morgan fingerprint density at radius 1 is 1.29 bits per heavy atom. The number of carbonyl (C=O) groups is 2. The molecule has 0 spiro atoms. The maximum absolute atomic E-state index is 12.1. The van der Waals surface area contributed by atoms with Crippen LogP contribution < -0.4 is 0 Å². The van der Waals surface area contributed by atoms with Gasteiger partial charge in [0.25, 0.3) is 0 Å². The molecule has 2 aromatic rings. The number of carboxylic acids is 1. The number of carbonyl (C=O) groups excluding carboxylic acids is 1. The van der Waals surface area contributed by atoms with E-state index in [1.807, 2.05) is 0 Å². The molecule has 0 atom stereocenters. The zero-order valence-electron chi connectivity index (χ0n) is 8.16. The van der Waals surface area contributed by atoms with Gasteiger partial charge >= 0.3 is 5.97 Å². The fourth-order valence-electron chi connectivity index (χ4n) is 1.30. The van der Waals surface area contributed by atoms with Crippen molar-refractivity contribution in [3.63, 3.8) is 0 Å². The number of aromatic carboxylic acids is 1. The summed E-state index contributed by atoms with van der Waals surface area (Å²) >= 11 is 7.97. The molecule has 0 aliphatic rings. The van der Waals surface area contributed by atoms with Crippen LogP contribution in [0.2, 0.25) is 0 Å². The third-order valence-corrected chi connectivity index (χ3v) is 4.42. The minimum atomic E-state index is -1.09. The number of aromatic nitrogens is 1. The van der Waals surface area contributed by atoms with Crippen molar-refractivity contribution in [1.29, 1.82) is 0 Å². The number of ketones is 1. The fraction of sp³-hybridized carbons (Fsp3) is 0. The number of halogens is 2. The van der Waals surface area contributed by atoms with Crippen LogP contribution in [0.15, 0.2) is 25.9 Å². The van der Waals surface area contributed by atoms with Gasteiger partial charge < -0.3 is 10.1 Å². The first kappa shape index (κ1) is 12.5. The summed E-state index contributed by atoms with van der Waals surface area (Å²) in [6, 6.07) is 3.02. The van der Waals surface area contributed by atoms with Gasteiger partial charge in [0.2, 0.25) is 0 Å². The smallest absolute Gasteiger partial charge is 0.352 e. The van der Waals surface area contributed by atoms with Crippen LogP contribution in [0.4, 0.5) is 0 Å². The number of hydrogen-bond acceptors (Lipinski definition) is 3. The van der Waals surface area contributed by atoms with Crippen LogP contribution in [0, 0.1) is 0 Å². The first-order valence-corrected chi connectivity index (χ1v) is 6.80. The Morgan fingerprint density at radius 2 is 2.00 bits per heavy atom. The molecule has 7 heteroatoms. The van der Waals surface area contributed by atoms with Crippen LogP contribution in [-0.4, -0.2) is 21.8 Å². The highest BCUT2D eigenvalue weighted by Gasteiger charge is 2.18. The second-order valence-electron chi connectivity index (χ2n) is 3.17. The molecule has 88 valence electrons. The number of H-pyrrole nitrogens is 1. The molecular formula is C10H5Br2NO3S. The molecule has 2 heterocycles. The number of thiophene rings is 1. The average Bonchev–Trinajstić information content (AvgIpc) is 2.84. The lowest BCUT2D eigenvalue weighted by Crippen LogP contribution is -1.99. The molecule has 0 amide bonds. The summed E-state index contributed by atoms with van der Waals surface area (Å²) < 4.78 is 1.55. The van der Waals surface area contributed by atoms with Crippen molar-refractivity contribution in [2.75, 3.05) is 0 Å². The molecule has 0 saturated heterocycles. The van der Waals surface area contributed by atoms with E-state index in [0.717, 1.165) is 3.79 Å². The third kappa shape index (κ3) is 2.51. The fourth-order valence-corrected chi connectivity index (χ4v) is 4.09. The lowest BCUT2D eigenvalue weighted by Gasteiger charge is -1.94. The third-order valence-electron chi connectivity index (χ3n) is 2.08. The molecule has 0 aliphatic carbocycles. The summed E-state index contributed by atoms with van der Waals surface area (Å²) in [5.74, 6) is -1.31. The molecule has 0 aliphatic heterocycles. The van der Waals surface area contributed by atoms with E-state index in [-0.39, 0.29) is 11.5 Å². The molecule has 0 saturated carbocycles. The predicted octanol–water partition coefficient (Wildman–Crippen LogP) is 3.53. The molecule has 0 unspecified atom stereocenters. The van der Waals surface area contributed by atoms with Crippen molar-refractivity contribution >= 4 is 54.9 Å². The number of aromatic amines is 1. The average molecular weight is 379 g/mol. The number of carboxylic acid groups (broad SMARTS) is 1. The Balaban J connectivity index is 2.37. The maximum atomic E-state index is 12.1. The lowest BCUT2D eigenvalue weighted by molar-refractivity contribution is 0.0691. The largest absolute Gasteiger partial charge is 0.477 e. The minimum Gasteiger partial charge on any atom is -0.477 e. The SMILES string of the molecule is O=C(O)c1cc(C(=O)c2cc(Br)sc2Br)c[nH]1. The van der Waals surface area contributed by atoms with E-state index < -0.39 is 5.97 Å². The summed E-state index contributed by atoms with van der Waals surface area (Å²) in [5.41, 5.74) is 0.838. The Hall–Kier alpha value is -0.920. The molecule has 2 aromatic heterocycles. The van der Waals surface area contributed by atoms with Crippen LogP contribution in [0.1, 0.15) is 26.4 Å². The summed E-state index contributed by atoms with van der Waals surface area (Å²) in [5, 5.41) is 8.75. The molecule has 4 nitrogen and oxygen atoms in total. The van der Waals surface area contributed by atoms with Gasteiger partial charge in [0.1, 0.15) is 5.69 Å². The molecule has 0 bridgehead atoms. The highest BCUT2D eigenvalue weighted by atomic mass is 79.9. The van der Waals surface area contributed by atoms with E-state index in [9.17, 15) is 9.59 Å². The Bertz CT molecular complexity index is 602. The molecule has 0 aromatic carbocycles. The van der Waals surface area contributed by atoms with Gasteiger partial charge in [-0.15, -0.1) is 11.3 Å². The van der Waals surface area contributed by atoms with Crippen molar-refractivity contribution in [3.8, 4) is 0 Å². The Labute approximate surface area is 117 Å². The normalized spacial score (nSPS) is 10.5. The van der Waals surface area contributed by atoms with Gasteiger partial charge in [-0.1, -0.05) is 0 Å². The molecule has 2 N–H and O–H groups in total. The minimum absolute atomic E-state index is 0.00114. The van der Waals surface area contributed by atoms with E-state index in [1.165, 1.54) is 23.6 Å². The van der Waals surface area contributed by atoms with Crippen LogP contribution in [0.3, 0.4) is 0 Å². The topological polar surface area (TPSA) is 70.2 Å². The summed E-state index contributed by atoms with van der Waals surface area (Å²) in [7, 11) is 0. The van der Waals surface area contributed by atoms with Crippen molar-refractivity contribution in [2.24, 2.45) is 0 Å². The first-order valence-electron chi connectivity index (χ1n) is 4.40. The summed E-state index contributed by atoms with van der Waals surface area (Å²) in [6.45, 7) is 0. The number of hydrogen-bond donors (Lipinski definition) is 2. The zero-order valence-corrected chi connectivity index (χ0v) is 12.1. The van der Waals surface area contributed by atoms with Crippen LogP contribution in [-0.2, 0) is 0 Å². The lowest BCUT2D eigenvalue weighted by atomic mass is 10.1. The zero-order chi connectivity index (χ0) is 12.6. The molecule has 0 radical (unpaired) electrons. The van der Waals surface area contributed by atoms with Gasteiger partial charge in [0.05, 0.1) is 7.57 Å². The van der Waals surface area contributed by atoms with Crippen molar-refractivity contribution in [3.05, 3.63) is 42.7 Å². The van der Waals surface area contributed by atoms with Gasteiger partial charge in [-0.2, -0.15) is 0 Å². The second kappa shape index (κ2) is 4.75. The van der Waals surface area contributed by atoms with Crippen LogP contribution >= 0.6 is 43.2 Å². The summed E-state index contributed by atoms with van der Waals surface area (Å²) in [6.07, 6.45) is 1.39. The second-order valence-corrected chi connectivity index (χ2v) is 6.92. The van der Waals surface area contributed by atoms with E-state index >= 15 is 0 Å². The van der Waals surface area contributed by atoms with E-state index in [2.05, 4.69) is 36.8 Å². The molecular weight excluding hydrogens is 374 g/mol. The monoisotopic (exact) mass is 377 g/mol. The number of nitrogens with one attached hydrogen (secondary N) is 1. The van der Waals surface area contributed by atoms with Crippen molar-refractivity contribution in [1.82, 2.24) is 4.98 Å². The molecule has 0 fully saturated rings. The molecule has 2 rings (SSSR count). The van der Waals surface area contributed by atoms with E-state index in [1.54, 1.807) is 6.07 Å². The number of rotatable bonds is 3. The maximum Gasteiger partial charge on any atom is 0.352 e. The van der Waals surface area contributed by atoms with Gasteiger partial charge in [-0.05, 0) is 44.0 Å². The van der Waals surface area contributed by atoms with Crippen LogP contribution in [0.25, 0.3) is 0 Å². The predicted molar refractivity (Wildman–Crippen MR) is 70.9 cm³/mol. The van der Waals surface area contributed by atoms with Gasteiger partial charge in [-0.25, -0.2) is 4.79 Å². The standard InChI is InChI=1S/C10H5Br2NO3S/c11-7-2-5(9(12)17-7)8(14)4-1-6(10(15)16)13-3-4/h1-3,13H,(H,15,16). The molecule has 17 heavy (non-hydrogen) atoms. The summed E-state index contributed by atoms with van der Waals surface area (Å²) in [4.78, 5) is 25.3.